The molecule has 0 amide bonds. The summed E-state index contributed by atoms with van der Waals surface area (Å²) in [5, 5.41) is 3.17. The maximum absolute atomic E-state index is 12.8. The number of halogens is 1. The highest BCUT2D eigenvalue weighted by Crippen LogP contribution is 2.14. The molecule has 64 valence electrons. The Kier molecular flexibility index (Phi) is 4.26. The van der Waals surface area contributed by atoms with Crippen LogP contribution in [0, 0.1) is 5.92 Å². The van der Waals surface area contributed by atoms with E-state index in [9.17, 15) is 4.39 Å². The average molecular weight is 160 g/mol. The molecule has 0 aliphatic carbocycles. The minimum atomic E-state index is -0.586. The topological polar surface area (TPSA) is 33.6 Å². The van der Waals surface area contributed by atoms with Crippen molar-refractivity contribution in [2.45, 2.75) is 13.8 Å². The predicted octanol–water partition coefficient (Wildman–Crippen LogP) is 1.63. The van der Waals surface area contributed by atoms with Crippen LogP contribution in [-0.4, -0.2) is 13.8 Å². The highest BCUT2D eigenvalue weighted by atomic mass is 19.1. The van der Waals surface area contributed by atoms with Crippen molar-refractivity contribution < 1.29 is 9.13 Å². The Morgan fingerprint density at radius 1 is 1.64 bits per heavy atom. The fourth-order valence-corrected chi connectivity index (χ4v) is 0.703. The van der Waals surface area contributed by atoms with Gasteiger partial charge in [-0.2, -0.15) is 9.49 Å². The van der Waals surface area contributed by atoms with Crippen LogP contribution in [0.3, 0.4) is 0 Å². The third kappa shape index (κ3) is 3.02. The van der Waals surface area contributed by atoms with E-state index in [1.165, 1.54) is 7.11 Å². The number of hydrogen-bond acceptors (Lipinski definition) is 3. The predicted molar refractivity (Wildman–Crippen MR) is 42.7 cm³/mol. The Hall–Kier alpha value is -1.06. The molecule has 0 bridgehead atoms. The van der Waals surface area contributed by atoms with Crippen LogP contribution in [-0.2, 0) is 4.74 Å². The Morgan fingerprint density at radius 2 is 2.18 bits per heavy atom. The van der Waals surface area contributed by atoms with Crippen molar-refractivity contribution in [2.24, 2.45) is 11.0 Å². The van der Waals surface area contributed by atoms with Gasteiger partial charge in [-0.25, -0.2) is 0 Å². The summed E-state index contributed by atoms with van der Waals surface area (Å²) in [5.74, 6) is -0.343. The Balaban J connectivity index is 4.39. The van der Waals surface area contributed by atoms with Crippen LogP contribution in [0.25, 0.3) is 0 Å². The van der Waals surface area contributed by atoms with Crippen molar-refractivity contribution in [1.29, 1.82) is 0 Å². The van der Waals surface area contributed by atoms with Crippen molar-refractivity contribution in [3.8, 4) is 0 Å². The molecule has 0 atom stereocenters. The first-order chi connectivity index (χ1) is 5.13. The molecule has 0 aliphatic rings. The zero-order chi connectivity index (χ0) is 8.85. The van der Waals surface area contributed by atoms with E-state index in [2.05, 4.69) is 17.2 Å². The lowest BCUT2D eigenvalue weighted by molar-refractivity contribution is 0.231. The zero-order valence-electron chi connectivity index (χ0n) is 7.02. The van der Waals surface area contributed by atoms with Gasteiger partial charge >= 0.3 is 0 Å². The molecule has 0 aliphatic heterocycles. The van der Waals surface area contributed by atoms with Crippen molar-refractivity contribution in [1.82, 2.24) is 5.43 Å². The molecular formula is C7H13FN2O. The van der Waals surface area contributed by atoms with E-state index in [0.29, 0.717) is 0 Å². The highest BCUT2D eigenvalue weighted by molar-refractivity contribution is 5.23. The lowest BCUT2D eigenvalue weighted by atomic mass is 10.2. The van der Waals surface area contributed by atoms with Crippen molar-refractivity contribution >= 4 is 6.72 Å². The minimum Gasteiger partial charge on any atom is -0.496 e. The van der Waals surface area contributed by atoms with Gasteiger partial charge in [0.05, 0.1) is 7.11 Å². The van der Waals surface area contributed by atoms with Crippen molar-refractivity contribution in [3.63, 3.8) is 0 Å². The van der Waals surface area contributed by atoms with Gasteiger partial charge in [-0.1, -0.05) is 13.8 Å². The average Bonchev–Trinajstić information content (AvgIpc) is 1.88. The third-order valence-electron chi connectivity index (χ3n) is 1.14. The number of hydrazone groups is 1. The number of nitrogens with zero attached hydrogens (tertiary/aromatic N) is 1. The van der Waals surface area contributed by atoms with Crippen molar-refractivity contribution in [3.05, 3.63) is 11.7 Å². The summed E-state index contributed by atoms with van der Waals surface area (Å²) in [5.41, 5.74) is 2.08. The summed E-state index contributed by atoms with van der Waals surface area (Å²) < 4.78 is 17.6. The molecule has 0 heterocycles. The van der Waals surface area contributed by atoms with E-state index in [0.717, 1.165) is 0 Å². The van der Waals surface area contributed by atoms with Crippen LogP contribution in [0.5, 0.6) is 0 Å². The van der Waals surface area contributed by atoms with Gasteiger partial charge in [0.1, 0.15) is 0 Å². The molecule has 0 aromatic carbocycles. The molecule has 4 heteroatoms. The van der Waals surface area contributed by atoms with E-state index in [1.54, 1.807) is 0 Å². The second-order valence-electron chi connectivity index (χ2n) is 2.31. The van der Waals surface area contributed by atoms with Crippen LogP contribution in [0.2, 0.25) is 0 Å². The van der Waals surface area contributed by atoms with Gasteiger partial charge in [0.25, 0.3) is 0 Å². The molecule has 0 aromatic rings. The molecule has 3 nitrogen and oxygen atoms in total. The third-order valence-corrected chi connectivity index (χ3v) is 1.14. The second-order valence-corrected chi connectivity index (χ2v) is 2.31. The molecular weight excluding hydrogens is 147 g/mol. The SMILES string of the molecule is C=NN/C(F)=C(/OC)C(C)C. The van der Waals surface area contributed by atoms with E-state index in [-0.39, 0.29) is 11.7 Å². The fraction of sp³-hybridized carbons (Fsp3) is 0.571. The van der Waals surface area contributed by atoms with E-state index in [4.69, 9.17) is 4.74 Å². The molecule has 0 rings (SSSR count). The first kappa shape index (κ1) is 9.94. The number of hydrogen-bond donors (Lipinski definition) is 1. The molecule has 1 N–H and O–H groups in total. The molecule has 0 fully saturated rings. The Labute approximate surface area is 65.9 Å². The van der Waals surface area contributed by atoms with Gasteiger partial charge in [-0.05, 0) is 0 Å². The Bertz CT molecular complexity index is 166. The highest BCUT2D eigenvalue weighted by Gasteiger charge is 2.09. The van der Waals surface area contributed by atoms with E-state index in [1.807, 2.05) is 13.8 Å². The largest absolute Gasteiger partial charge is 0.496 e. The van der Waals surface area contributed by atoms with Gasteiger partial charge in [0, 0.05) is 12.6 Å². The van der Waals surface area contributed by atoms with Crippen molar-refractivity contribution in [2.75, 3.05) is 7.11 Å². The quantitative estimate of drug-likeness (QED) is 0.293. The maximum Gasteiger partial charge on any atom is 0.245 e. The summed E-state index contributed by atoms with van der Waals surface area (Å²) in [7, 11) is 1.42. The molecule has 0 saturated carbocycles. The molecule has 0 aromatic heterocycles. The van der Waals surface area contributed by atoms with Gasteiger partial charge < -0.3 is 4.74 Å². The number of nitrogens with one attached hydrogen (secondary N) is 1. The second kappa shape index (κ2) is 4.71. The van der Waals surface area contributed by atoms with Gasteiger partial charge in [-0.3, -0.25) is 5.43 Å². The summed E-state index contributed by atoms with van der Waals surface area (Å²) in [6.07, 6.45) is 0. The van der Waals surface area contributed by atoms with Gasteiger partial charge in [-0.15, -0.1) is 0 Å². The molecule has 0 spiro atoms. The summed E-state index contributed by atoms with van der Waals surface area (Å²) in [6.45, 7) is 6.73. The number of methoxy groups -OCH3 is 1. The lowest BCUT2D eigenvalue weighted by Gasteiger charge is -2.10. The first-order valence-electron chi connectivity index (χ1n) is 3.28. The zero-order valence-corrected chi connectivity index (χ0v) is 7.02. The number of rotatable bonds is 4. The molecule has 0 unspecified atom stereocenters. The van der Waals surface area contributed by atoms with E-state index >= 15 is 0 Å². The normalized spacial score (nSPS) is 12.5. The number of allylic oxidation sites excluding steroid dienone is 1. The van der Waals surface area contributed by atoms with Crippen LogP contribution >= 0.6 is 0 Å². The van der Waals surface area contributed by atoms with Gasteiger partial charge in [0.15, 0.2) is 5.76 Å². The Morgan fingerprint density at radius 3 is 2.45 bits per heavy atom. The molecule has 0 radical (unpaired) electrons. The maximum atomic E-state index is 12.8. The summed E-state index contributed by atoms with van der Waals surface area (Å²) in [4.78, 5) is 0. The van der Waals surface area contributed by atoms with Crippen LogP contribution < -0.4 is 5.43 Å². The molecule has 0 saturated heterocycles. The van der Waals surface area contributed by atoms with Crippen LogP contribution in [0.15, 0.2) is 16.8 Å². The number of ether oxygens (including phenoxy) is 1. The van der Waals surface area contributed by atoms with Crippen LogP contribution in [0.4, 0.5) is 4.39 Å². The summed E-state index contributed by atoms with van der Waals surface area (Å²) in [6, 6.07) is 0. The smallest absolute Gasteiger partial charge is 0.245 e. The molecule has 11 heavy (non-hydrogen) atoms. The fourth-order valence-electron chi connectivity index (χ4n) is 0.703. The van der Waals surface area contributed by atoms with Gasteiger partial charge in [0.2, 0.25) is 5.95 Å². The van der Waals surface area contributed by atoms with Crippen LogP contribution in [0.1, 0.15) is 13.8 Å². The lowest BCUT2D eigenvalue weighted by Crippen LogP contribution is -2.08. The van der Waals surface area contributed by atoms with E-state index < -0.39 is 5.95 Å². The minimum absolute atomic E-state index is 0.00532. The summed E-state index contributed by atoms with van der Waals surface area (Å²) >= 11 is 0. The first-order valence-corrected chi connectivity index (χ1v) is 3.28. The standard InChI is InChI=1S/C7H13FN2O/c1-5(2)6(11-4)7(8)10-9-3/h5,10H,3H2,1-2,4H3/b7-6+. The monoisotopic (exact) mass is 160 g/mol.